The number of rotatable bonds is 4. The maximum atomic E-state index is 13.2. The third-order valence-corrected chi connectivity index (χ3v) is 5.64. The van der Waals surface area contributed by atoms with Gasteiger partial charge in [0.05, 0.1) is 11.1 Å². The van der Waals surface area contributed by atoms with E-state index in [0.717, 1.165) is 17.3 Å². The van der Waals surface area contributed by atoms with Crippen LogP contribution in [-0.2, 0) is 11.8 Å². The van der Waals surface area contributed by atoms with Gasteiger partial charge >= 0.3 is 6.03 Å². The highest BCUT2D eigenvalue weighted by Crippen LogP contribution is 2.32. The number of imide groups is 1. The first-order valence-electron chi connectivity index (χ1n) is 7.79. The molecule has 0 saturated carbocycles. The number of benzene rings is 1. The molecule has 7 nitrogen and oxygen atoms in total. The monoisotopic (exact) mass is 406 g/mol. The topological polar surface area (TPSA) is 93.1 Å². The van der Waals surface area contributed by atoms with Crippen LogP contribution in [0.5, 0.6) is 0 Å². The number of nitrogens with one attached hydrogen (secondary N) is 2. The Kier molecular flexibility index (Phi) is 5.57. The van der Waals surface area contributed by atoms with E-state index in [9.17, 15) is 18.8 Å². The summed E-state index contributed by atoms with van der Waals surface area (Å²) in [6, 6.07) is 5.31. The van der Waals surface area contributed by atoms with Gasteiger partial charge in [-0.15, -0.1) is 11.3 Å². The molecule has 3 rings (SSSR count). The zero-order valence-corrected chi connectivity index (χ0v) is 16.0. The molecule has 3 aromatic rings. The van der Waals surface area contributed by atoms with Gasteiger partial charge in [0.1, 0.15) is 10.6 Å². The summed E-state index contributed by atoms with van der Waals surface area (Å²) in [7, 11) is 2.98. The Hall–Kier alpha value is -2.72. The molecule has 0 spiro atoms. The fourth-order valence-electron chi connectivity index (χ4n) is 2.38. The predicted octanol–water partition coefficient (Wildman–Crippen LogP) is 2.35. The normalized spacial score (nSPS) is 10.8. The summed E-state index contributed by atoms with van der Waals surface area (Å²) in [6.07, 6.45) is 0. The lowest BCUT2D eigenvalue weighted by molar-refractivity contribution is -0.117. The van der Waals surface area contributed by atoms with Gasteiger partial charge in [0.15, 0.2) is 5.16 Å². The smallest absolute Gasteiger partial charge is 0.321 e. The van der Waals surface area contributed by atoms with Crippen molar-refractivity contribution < 1.29 is 14.0 Å². The van der Waals surface area contributed by atoms with Crippen LogP contribution in [0.2, 0.25) is 0 Å². The lowest BCUT2D eigenvalue weighted by Gasteiger charge is -2.08. The zero-order chi connectivity index (χ0) is 19.6. The van der Waals surface area contributed by atoms with E-state index in [1.807, 2.05) is 0 Å². The quantitative estimate of drug-likeness (QED) is 0.513. The lowest BCUT2D eigenvalue weighted by Crippen LogP contribution is -2.38. The number of hydrogen-bond donors (Lipinski definition) is 2. The van der Waals surface area contributed by atoms with Crippen molar-refractivity contribution in [3.63, 3.8) is 0 Å². The molecule has 0 fully saturated rings. The highest BCUT2D eigenvalue weighted by Gasteiger charge is 2.17. The fourth-order valence-corrected chi connectivity index (χ4v) is 4.14. The largest absolute Gasteiger partial charge is 0.341 e. The fraction of sp³-hybridized carbons (Fsp3) is 0.176. The minimum Gasteiger partial charge on any atom is -0.341 e. The molecule has 0 aliphatic carbocycles. The van der Waals surface area contributed by atoms with Crippen LogP contribution in [-0.4, -0.2) is 34.3 Å². The van der Waals surface area contributed by atoms with Crippen molar-refractivity contribution >= 4 is 45.3 Å². The average molecular weight is 406 g/mol. The SMILES string of the molecule is CNC(=O)NC(=O)CSc1nc2scc(-c3ccc(F)cc3)c2c(=O)n1C. The van der Waals surface area contributed by atoms with Crippen LogP contribution in [0.3, 0.4) is 0 Å². The Balaban J connectivity index is 1.91. The van der Waals surface area contributed by atoms with Crippen LogP contribution in [0.25, 0.3) is 21.3 Å². The van der Waals surface area contributed by atoms with Gasteiger partial charge in [-0.25, -0.2) is 14.2 Å². The first-order valence-corrected chi connectivity index (χ1v) is 9.65. The number of urea groups is 1. The molecule has 0 saturated heterocycles. The lowest BCUT2D eigenvalue weighted by atomic mass is 10.1. The molecule has 0 atom stereocenters. The Morgan fingerprint density at radius 1 is 1.30 bits per heavy atom. The number of hydrogen-bond acceptors (Lipinski definition) is 6. The van der Waals surface area contributed by atoms with Crippen molar-refractivity contribution in [3.05, 3.63) is 45.8 Å². The van der Waals surface area contributed by atoms with E-state index in [1.54, 1.807) is 24.6 Å². The van der Waals surface area contributed by atoms with Crippen LogP contribution < -0.4 is 16.2 Å². The van der Waals surface area contributed by atoms with E-state index < -0.39 is 11.9 Å². The van der Waals surface area contributed by atoms with E-state index in [1.165, 1.54) is 35.1 Å². The molecule has 0 radical (unpaired) electrons. The van der Waals surface area contributed by atoms with Crippen molar-refractivity contribution in [1.29, 1.82) is 0 Å². The Labute approximate surface area is 161 Å². The van der Waals surface area contributed by atoms with E-state index >= 15 is 0 Å². The molecule has 10 heteroatoms. The maximum Gasteiger partial charge on any atom is 0.321 e. The number of fused-ring (bicyclic) bond motifs is 1. The second-order valence-corrected chi connectivity index (χ2v) is 7.31. The van der Waals surface area contributed by atoms with E-state index in [4.69, 9.17) is 0 Å². The number of carbonyl (C=O) groups is 2. The minimum absolute atomic E-state index is 0.0601. The first-order chi connectivity index (χ1) is 12.9. The Morgan fingerprint density at radius 3 is 2.67 bits per heavy atom. The van der Waals surface area contributed by atoms with E-state index in [2.05, 4.69) is 15.6 Å². The molecule has 140 valence electrons. The van der Waals surface area contributed by atoms with Crippen molar-refractivity contribution in [3.8, 4) is 11.1 Å². The van der Waals surface area contributed by atoms with Crippen LogP contribution >= 0.6 is 23.1 Å². The maximum absolute atomic E-state index is 13.2. The van der Waals surface area contributed by atoms with Crippen LogP contribution in [0.1, 0.15) is 0 Å². The number of nitrogens with zero attached hydrogens (tertiary/aromatic N) is 2. The average Bonchev–Trinajstić information content (AvgIpc) is 3.08. The third-order valence-electron chi connectivity index (χ3n) is 3.74. The molecule has 0 unspecified atom stereocenters. The van der Waals surface area contributed by atoms with Crippen LogP contribution in [0.4, 0.5) is 9.18 Å². The summed E-state index contributed by atoms with van der Waals surface area (Å²) in [5.74, 6) is -0.903. The molecule has 2 heterocycles. The van der Waals surface area contributed by atoms with E-state index in [-0.39, 0.29) is 17.1 Å². The summed E-state index contributed by atoms with van der Waals surface area (Å²) in [5.41, 5.74) is 1.17. The summed E-state index contributed by atoms with van der Waals surface area (Å²) in [5, 5.41) is 7.06. The zero-order valence-electron chi connectivity index (χ0n) is 14.4. The Bertz CT molecular complexity index is 1080. The van der Waals surface area contributed by atoms with Gasteiger partial charge in [0.25, 0.3) is 5.56 Å². The van der Waals surface area contributed by atoms with Gasteiger partial charge in [0.2, 0.25) is 5.91 Å². The summed E-state index contributed by atoms with van der Waals surface area (Å²) in [4.78, 5) is 40.7. The molecule has 2 N–H and O–H groups in total. The number of carbonyl (C=O) groups excluding carboxylic acids is 2. The molecule has 3 amide bonds. The summed E-state index contributed by atoms with van der Waals surface area (Å²) < 4.78 is 14.5. The van der Waals surface area contributed by atoms with Crippen molar-refractivity contribution in [2.75, 3.05) is 12.8 Å². The number of halogens is 1. The van der Waals surface area contributed by atoms with Gasteiger partial charge in [-0.05, 0) is 17.7 Å². The van der Waals surface area contributed by atoms with Gasteiger partial charge in [0, 0.05) is 25.0 Å². The molecule has 2 aromatic heterocycles. The molecule has 0 bridgehead atoms. The summed E-state index contributed by atoms with van der Waals surface area (Å²) >= 11 is 2.36. The molecule has 1 aromatic carbocycles. The molecule has 0 aliphatic rings. The van der Waals surface area contributed by atoms with Gasteiger partial charge < -0.3 is 5.32 Å². The van der Waals surface area contributed by atoms with Gasteiger partial charge in [-0.1, -0.05) is 23.9 Å². The molecular weight excluding hydrogens is 391 g/mol. The summed E-state index contributed by atoms with van der Waals surface area (Å²) in [6.45, 7) is 0. The van der Waals surface area contributed by atoms with Crippen molar-refractivity contribution in [1.82, 2.24) is 20.2 Å². The predicted molar refractivity (Wildman–Crippen MR) is 104 cm³/mol. The molecule has 0 aliphatic heterocycles. The van der Waals surface area contributed by atoms with Crippen molar-refractivity contribution in [2.24, 2.45) is 7.05 Å². The van der Waals surface area contributed by atoms with E-state index in [0.29, 0.717) is 20.9 Å². The second kappa shape index (κ2) is 7.89. The first kappa shape index (κ1) is 19.1. The third kappa shape index (κ3) is 4.01. The number of thioether (sulfide) groups is 1. The van der Waals surface area contributed by atoms with Gasteiger partial charge in [-0.2, -0.15) is 0 Å². The number of thiophene rings is 1. The standard InChI is InChI=1S/C17H15FN4O3S2/c1-19-16(25)20-12(23)8-27-17-21-14-13(15(24)22(17)2)11(7-26-14)9-3-5-10(18)6-4-9/h3-7H,8H2,1-2H3,(H2,19,20,23,25). The second-order valence-electron chi connectivity index (χ2n) is 5.51. The number of amides is 3. The molecular formula is C17H15FN4O3S2. The highest BCUT2D eigenvalue weighted by molar-refractivity contribution is 7.99. The van der Waals surface area contributed by atoms with Crippen LogP contribution in [0, 0.1) is 5.82 Å². The highest BCUT2D eigenvalue weighted by atomic mass is 32.2. The molecule has 27 heavy (non-hydrogen) atoms. The number of aromatic nitrogens is 2. The van der Waals surface area contributed by atoms with Crippen molar-refractivity contribution in [2.45, 2.75) is 5.16 Å². The minimum atomic E-state index is -0.597. The van der Waals surface area contributed by atoms with Crippen LogP contribution in [0.15, 0.2) is 39.6 Å². The van der Waals surface area contributed by atoms with Gasteiger partial charge in [-0.3, -0.25) is 19.5 Å². The Morgan fingerprint density at radius 2 is 2.00 bits per heavy atom.